The van der Waals surface area contributed by atoms with Crippen LogP contribution in [0.4, 0.5) is 5.00 Å². The van der Waals surface area contributed by atoms with E-state index in [1.807, 2.05) is 23.6 Å². The Morgan fingerprint density at radius 2 is 1.71 bits per heavy atom. The Morgan fingerprint density at radius 3 is 2.35 bits per heavy atom. The zero-order valence-electron chi connectivity index (χ0n) is 19.4. The number of thiophene rings is 1. The summed E-state index contributed by atoms with van der Waals surface area (Å²) in [6.07, 6.45) is 10.6. The van der Waals surface area contributed by atoms with E-state index >= 15 is 0 Å². The number of esters is 1. The van der Waals surface area contributed by atoms with Crippen molar-refractivity contribution < 1.29 is 24.2 Å². The van der Waals surface area contributed by atoms with E-state index in [1.165, 1.54) is 49.0 Å². The van der Waals surface area contributed by atoms with Crippen LogP contribution < -0.4 is 5.32 Å². The summed E-state index contributed by atoms with van der Waals surface area (Å²) in [6, 6.07) is 8.35. The van der Waals surface area contributed by atoms with Gasteiger partial charge in [-0.2, -0.15) is 0 Å². The number of rotatable bonds is 7. The number of allylic oxidation sites excluding steroid dienone is 2. The van der Waals surface area contributed by atoms with Crippen molar-refractivity contribution in [2.45, 2.75) is 57.8 Å². The second-order valence-electron chi connectivity index (χ2n) is 9.01. The highest BCUT2D eigenvalue weighted by atomic mass is 32.1. The van der Waals surface area contributed by atoms with Gasteiger partial charge in [-0.05, 0) is 49.7 Å². The maximum absolute atomic E-state index is 13.0. The highest BCUT2D eigenvalue weighted by Crippen LogP contribution is 2.39. The molecule has 2 aliphatic carbocycles. The molecule has 0 unspecified atom stereocenters. The van der Waals surface area contributed by atoms with Crippen LogP contribution in [0.1, 0.15) is 73.7 Å². The number of carbonyl (C=O) groups is 3. The number of nitrogens with one attached hydrogen (secondary N) is 1. The average Bonchev–Trinajstić information content (AvgIpc) is 3.28. The van der Waals surface area contributed by atoms with Crippen molar-refractivity contribution in [3.63, 3.8) is 0 Å². The first-order valence-corrected chi connectivity index (χ1v) is 12.9. The fourth-order valence-electron chi connectivity index (χ4n) is 5.02. The van der Waals surface area contributed by atoms with Crippen molar-refractivity contribution in [2.75, 3.05) is 11.9 Å². The molecule has 4 rings (SSSR count). The average molecular weight is 482 g/mol. The molecule has 1 aromatic carbocycles. The van der Waals surface area contributed by atoms with Crippen molar-refractivity contribution in [3.8, 4) is 11.1 Å². The second-order valence-corrected chi connectivity index (χ2v) is 9.89. The molecule has 6 nitrogen and oxygen atoms in total. The summed E-state index contributed by atoms with van der Waals surface area (Å²) in [5.41, 5.74) is 3.26. The third-order valence-corrected chi connectivity index (χ3v) is 7.79. The van der Waals surface area contributed by atoms with Crippen LogP contribution in [0.3, 0.4) is 0 Å². The number of carboxylic acids is 1. The number of carboxylic acid groups (broad SMARTS) is 1. The Bertz CT molecular complexity index is 1070. The van der Waals surface area contributed by atoms with E-state index in [4.69, 9.17) is 4.74 Å². The van der Waals surface area contributed by atoms with Crippen LogP contribution in [0.25, 0.3) is 11.1 Å². The van der Waals surface area contributed by atoms with Crippen molar-refractivity contribution >= 4 is 34.2 Å². The third-order valence-electron chi connectivity index (χ3n) is 6.89. The number of carbonyl (C=O) groups excluding carboxylic acids is 2. The van der Waals surface area contributed by atoms with Crippen LogP contribution in [0.15, 0.2) is 41.8 Å². The van der Waals surface area contributed by atoms with E-state index < -0.39 is 23.8 Å². The molecule has 0 radical (unpaired) electrons. The number of amides is 1. The lowest BCUT2D eigenvalue weighted by Crippen LogP contribution is -2.34. The maximum atomic E-state index is 13.0. The fraction of sp³-hybridized carbons (Fsp3) is 0.444. The molecular weight excluding hydrogens is 450 g/mol. The molecule has 0 saturated heterocycles. The fourth-order valence-corrected chi connectivity index (χ4v) is 5.98. The van der Waals surface area contributed by atoms with Gasteiger partial charge in [0.15, 0.2) is 0 Å². The molecule has 34 heavy (non-hydrogen) atoms. The van der Waals surface area contributed by atoms with Crippen molar-refractivity contribution in [3.05, 3.63) is 52.9 Å². The predicted octanol–water partition coefficient (Wildman–Crippen LogP) is 6.25. The normalized spacial score (nSPS) is 20.6. The molecule has 1 heterocycles. The second kappa shape index (κ2) is 11.0. The van der Waals surface area contributed by atoms with Gasteiger partial charge in [0.05, 0.1) is 18.4 Å². The van der Waals surface area contributed by atoms with Gasteiger partial charge in [-0.25, -0.2) is 4.79 Å². The van der Waals surface area contributed by atoms with Gasteiger partial charge in [-0.3, -0.25) is 9.59 Å². The molecule has 2 aromatic rings. The Balaban J connectivity index is 1.60. The van der Waals surface area contributed by atoms with E-state index in [2.05, 4.69) is 17.4 Å². The summed E-state index contributed by atoms with van der Waals surface area (Å²) in [5.74, 6) is -2.73. The highest BCUT2D eigenvalue weighted by Gasteiger charge is 2.35. The predicted molar refractivity (Wildman–Crippen MR) is 133 cm³/mol. The van der Waals surface area contributed by atoms with E-state index in [1.54, 1.807) is 13.0 Å². The molecule has 0 bridgehead atoms. The molecule has 0 aliphatic heterocycles. The van der Waals surface area contributed by atoms with Crippen LogP contribution in [0.2, 0.25) is 0 Å². The summed E-state index contributed by atoms with van der Waals surface area (Å²) in [5, 5.41) is 14.6. The molecule has 0 spiro atoms. The molecule has 180 valence electrons. The standard InChI is InChI=1S/C27H31NO5S/c1-2-33-27(32)23-22(19-14-12-18(13-15-19)17-8-4-3-5-9-17)16-34-25(23)28-24(29)20-10-6-7-11-21(20)26(30)31/h6-7,12-17,20-21H,2-5,8-11H2,1H3,(H,28,29)(H,30,31)/t20-,21-/m1/s1. The largest absolute Gasteiger partial charge is 0.481 e. The van der Waals surface area contributed by atoms with E-state index in [0.717, 1.165) is 5.56 Å². The third kappa shape index (κ3) is 5.25. The lowest BCUT2D eigenvalue weighted by molar-refractivity contribution is -0.146. The van der Waals surface area contributed by atoms with Gasteiger partial charge in [-0.15, -0.1) is 11.3 Å². The summed E-state index contributed by atoms with van der Waals surface area (Å²) < 4.78 is 5.31. The monoisotopic (exact) mass is 481 g/mol. The topological polar surface area (TPSA) is 92.7 Å². The van der Waals surface area contributed by atoms with Crippen LogP contribution in [0, 0.1) is 11.8 Å². The zero-order chi connectivity index (χ0) is 24.1. The molecule has 1 amide bonds. The summed E-state index contributed by atoms with van der Waals surface area (Å²) in [7, 11) is 0. The zero-order valence-corrected chi connectivity index (χ0v) is 20.2. The number of hydrogen-bond donors (Lipinski definition) is 2. The van der Waals surface area contributed by atoms with Gasteiger partial charge in [0.1, 0.15) is 10.6 Å². The Labute approximate surface area is 204 Å². The number of aliphatic carboxylic acids is 1. The summed E-state index contributed by atoms with van der Waals surface area (Å²) in [6.45, 7) is 1.96. The van der Waals surface area contributed by atoms with Crippen LogP contribution in [-0.4, -0.2) is 29.6 Å². The maximum Gasteiger partial charge on any atom is 0.341 e. The molecule has 2 atom stereocenters. The lowest BCUT2D eigenvalue weighted by atomic mass is 9.82. The first-order valence-electron chi connectivity index (χ1n) is 12.1. The van der Waals surface area contributed by atoms with Crippen LogP contribution in [-0.2, 0) is 14.3 Å². The van der Waals surface area contributed by atoms with Gasteiger partial charge in [0, 0.05) is 10.9 Å². The van der Waals surface area contributed by atoms with E-state index in [-0.39, 0.29) is 12.5 Å². The Hall–Kier alpha value is -2.93. The first-order chi connectivity index (χ1) is 16.5. The molecule has 1 fully saturated rings. The minimum atomic E-state index is -0.986. The lowest BCUT2D eigenvalue weighted by Gasteiger charge is -2.24. The van der Waals surface area contributed by atoms with Gasteiger partial charge in [-0.1, -0.05) is 55.7 Å². The number of hydrogen-bond acceptors (Lipinski definition) is 5. The molecule has 1 aromatic heterocycles. The van der Waals surface area contributed by atoms with E-state index in [9.17, 15) is 19.5 Å². The van der Waals surface area contributed by atoms with Crippen molar-refractivity contribution in [1.29, 1.82) is 0 Å². The number of ether oxygens (including phenoxy) is 1. The minimum absolute atomic E-state index is 0.219. The first kappa shape index (κ1) is 24.2. The number of anilines is 1. The number of benzene rings is 1. The minimum Gasteiger partial charge on any atom is -0.481 e. The van der Waals surface area contributed by atoms with E-state index in [0.29, 0.717) is 34.9 Å². The summed E-state index contributed by atoms with van der Waals surface area (Å²) in [4.78, 5) is 37.5. The molecule has 7 heteroatoms. The molecule has 2 N–H and O–H groups in total. The molecule has 1 saturated carbocycles. The highest BCUT2D eigenvalue weighted by molar-refractivity contribution is 7.15. The van der Waals surface area contributed by atoms with Crippen LogP contribution in [0.5, 0.6) is 0 Å². The van der Waals surface area contributed by atoms with Gasteiger partial charge >= 0.3 is 11.9 Å². The van der Waals surface area contributed by atoms with Gasteiger partial charge in [0.25, 0.3) is 0 Å². The van der Waals surface area contributed by atoms with Crippen molar-refractivity contribution in [1.82, 2.24) is 0 Å². The molecular formula is C27H31NO5S. The Morgan fingerprint density at radius 1 is 1.03 bits per heavy atom. The smallest absolute Gasteiger partial charge is 0.341 e. The van der Waals surface area contributed by atoms with Gasteiger partial charge in [0.2, 0.25) is 5.91 Å². The van der Waals surface area contributed by atoms with Gasteiger partial charge < -0.3 is 15.2 Å². The SMILES string of the molecule is CCOC(=O)c1c(-c2ccc(C3CCCCC3)cc2)csc1NC(=O)[C@@H]1CC=CC[C@H]1C(=O)O. The van der Waals surface area contributed by atoms with Crippen molar-refractivity contribution in [2.24, 2.45) is 11.8 Å². The molecule has 2 aliphatic rings. The Kier molecular flexibility index (Phi) is 7.83. The quantitative estimate of drug-likeness (QED) is 0.360. The summed E-state index contributed by atoms with van der Waals surface area (Å²) >= 11 is 1.26. The van der Waals surface area contributed by atoms with Crippen LogP contribution >= 0.6 is 11.3 Å².